The quantitative estimate of drug-likeness (QED) is 0.293. The Hall–Kier alpha value is -3.26. The van der Waals surface area contributed by atoms with Crippen LogP contribution in [-0.4, -0.2) is 21.5 Å². The summed E-state index contributed by atoms with van der Waals surface area (Å²) in [4.78, 5) is 6.79. The molecule has 36 heavy (non-hydrogen) atoms. The maximum atomic E-state index is 6.62. The Kier molecular flexibility index (Phi) is 5.79. The third-order valence-corrected chi connectivity index (χ3v) is 7.52. The summed E-state index contributed by atoms with van der Waals surface area (Å²) >= 11 is 18.7. The normalized spacial score (nSPS) is 18.6. The van der Waals surface area contributed by atoms with E-state index in [1.807, 2.05) is 48.5 Å². The molecule has 0 radical (unpaired) electrons. The number of rotatable bonds is 4. The van der Waals surface area contributed by atoms with E-state index in [9.17, 15) is 0 Å². The molecule has 2 aromatic heterocycles. The van der Waals surface area contributed by atoms with Crippen molar-refractivity contribution < 1.29 is 9.47 Å². The number of nitrogens with zero attached hydrogens (tertiary/aromatic N) is 3. The van der Waals surface area contributed by atoms with Crippen molar-refractivity contribution in [2.75, 3.05) is 11.7 Å². The molecule has 1 fully saturated rings. The van der Waals surface area contributed by atoms with Crippen LogP contribution < -0.4 is 19.7 Å². The van der Waals surface area contributed by atoms with Crippen LogP contribution in [-0.2, 0) is 0 Å². The standard InChI is InChI=1S/C27H22Cl2N4O2S/c1-15-11-19(16(2)32(15)22-8-6-17(28)12-20(22)29)26-25(21-5-3-4-10-30-21)31-27(36)33(26)18-7-9-23-24(13-18)35-14-34-23/h3-13,25-26H,14H2,1-2H3,(H,31,36)/t25-,26-/m0/s1. The Morgan fingerprint density at radius 2 is 1.83 bits per heavy atom. The number of halogens is 2. The zero-order valence-electron chi connectivity index (χ0n) is 19.5. The van der Waals surface area contributed by atoms with Gasteiger partial charge in [-0.2, -0.15) is 0 Å². The monoisotopic (exact) mass is 536 g/mol. The zero-order chi connectivity index (χ0) is 25.0. The third kappa shape index (κ3) is 3.79. The highest BCUT2D eigenvalue weighted by atomic mass is 35.5. The molecule has 4 aromatic rings. The molecule has 2 atom stereocenters. The van der Waals surface area contributed by atoms with Gasteiger partial charge in [-0.05, 0) is 80.2 Å². The van der Waals surface area contributed by atoms with Crippen molar-refractivity contribution in [2.45, 2.75) is 25.9 Å². The summed E-state index contributed by atoms with van der Waals surface area (Å²) < 4.78 is 13.3. The smallest absolute Gasteiger partial charge is 0.231 e. The van der Waals surface area contributed by atoms with Crippen molar-refractivity contribution in [2.24, 2.45) is 0 Å². The summed E-state index contributed by atoms with van der Waals surface area (Å²) in [6.45, 7) is 4.38. The van der Waals surface area contributed by atoms with Crippen LogP contribution >= 0.6 is 35.4 Å². The van der Waals surface area contributed by atoms with Crippen LogP contribution in [0, 0.1) is 13.8 Å². The number of hydrogen-bond donors (Lipinski definition) is 1. The Labute approximate surface area is 224 Å². The molecule has 0 spiro atoms. The van der Waals surface area contributed by atoms with Crippen LogP contribution in [0.15, 0.2) is 66.9 Å². The molecule has 0 amide bonds. The summed E-state index contributed by atoms with van der Waals surface area (Å²) in [7, 11) is 0. The van der Waals surface area contributed by atoms with Gasteiger partial charge in [0.2, 0.25) is 6.79 Å². The second kappa shape index (κ2) is 9.00. The number of nitrogens with one attached hydrogen (secondary N) is 1. The van der Waals surface area contributed by atoms with E-state index in [0.717, 1.165) is 39.8 Å². The summed E-state index contributed by atoms with van der Waals surface area (Å²) in [5.41, 5.74) is 5.91. The van der Waals surface area contributed by atoms with Crippen LogP contribution in [0.25, 0.3) is 5.69 Å². The van der Waals surface area contributed by atoms with Crippen molar-refractivity contribution in [3.63, 3.8) is 0 Å². The van der Waals surface area contributed by atoms with E-state index < -0.39 is 0 Å². The molecule has 182 valence electrons. The number of pyridine rings is 1. The van der Waals surface area contributed by atoms with Gasteiger partial charge in [-0.1, -0.05) is 29.3 Å². The summed E-state index contributed by atoms with van der Waals surface area (Å²) in [6, 6.07) is 19.2. The molecular formula is C27H22Cl2N4O2S. The van der Waals surface area contributed by atoms with Gasteiger partial charge in [0.15, 0.2) is 16.6 Å². The minimum Gasteiger partial charge on any atom is -0.454 e. The molecule has 6 nitrogen and oxygen atoms in total. The fourth-order valence-electron chi connectivity index (χ4n) is 5.10. The highest BCUT2D eigenvalue weighted by Gasteiger charge is 2.42. The fourth-order valence-corrected chi connectivity index (χ4v) is 5.94. The first-order chi connectivity index (χ1) is 17.4. The lowest BCUT2D eigenvalue weighted by Crippen LogP contribution is -2.29. The second-order valence-corrected chi connectivity index (χ2v) is 10.0. The minimum absolute atomic E-state index is 0.168. The molecule has 6 rings (SSSR count). The van der Waals surface area contributed by atoms with E-state index in [-0.39, 0.29) is 18.9 Å². The second-order valence-electron chi connectivity index (χ2n) is 8.79. The van der Waals surface area contributed by atoms with Crippen LogP contribution in [0.5, 0.6) is 11.5 Å². The number of hydrogen-bond acceptors (Lipinski definition) is 4. The maximum Gasteiger partial charge on any atom is 0.231 e. The number of benzene rings is 2. The molecule has 1 N–H and O–H groups in total. The van der Waals surface area contributed by atoms with Crippen molar-refractivity contribution >= 4 is 46.2 Å². The molecule has 2 aliphatic heterocycles. The van der Waals surface area contributed by atoms with Gasteiger partial charge in [0, 0.05) is 34.4 Å². The first kappa shape index (κ1) is 23.2. The average Bonchev–Trinajstić information content (AvgIpc) is 3.55. The maximum absolute atomic E-state index is 6.62. The minimum atomic E-state index is -0.168. The molecule has 0 unspecified atom stereocenters. The van der Waals surface area contributed by atoms with Gasteiger partial charge in [-0.3, -0.25) is 4.98 Å². The SMILES string of the molecule is Cc1cc([C@H]2[C@H](c3ccccn3)NC(=S)N2c2ccc3c(c2)OCO3)c(C)n1-c1ccc(Cl)cc1Cl. The molecular weight excluding hydrogens is 515 g/mol. The molecule has 9 heteroatoms. The van der Waals surface area contributed by atoms with Gasteiger partial charge in [0.1, 0.15) is 0 Å². The van der Waals surface area contributed by atoms with Crippen LogP contribution in [0.3, 0.4) is 0 Å². The van der Waals surface area contributed by atoms with E-state index in [1.54, 1.807) is 12.3 Å². The fraction of sp³-hybridized carbons (Fsp3) is 0.185. The molecule has 4 heterocycles. The van der Waals surface area contributed by atoms with Gasteiger partial charge in [-0.25, -0.2) is 0 Å². The van der Waals surface area contributed by atoms with Crippen LogP contribution in [0.2, 0.25) is 10.0 Å². The topological polar surface area (TPSA) is 51.6 Å². The summed E-state index contributed by atoms with van der Waals surface area (Å²) in [6.07, 6.45) is 1.80. The predicted octanol–water partition coefficient (Wildman–Crippen LogP) is 6.70. The average molecular weight is 537 g/mol. The lowest BCUT2D eigenvalue weighted by Gasteiger charge is -2.28. The number of ether oxygens (including phenoxy) is 2. The van der Waals surface area contributed by atoms with Crippen molar-refractivity contribution in [1.29, 1.82) is 0 Å². The van der Waals surface area contributed by atoms with Crippen LogP contribution in [0.4, 0.5) is 5.69 Å². The molecule has 1 saturated heterocycles. The lowest BCUT2D eigenvalue weighted by molar-refractivity contribution is 0.174. The van der Waals surface area contributed by atoms with Crippen molar-refractivity contribution in [3.8, 4) is 17.2 Å². The van der Waals surface area contributed by atoms with Gasteiger partial charge in [0.05, 0.1) is 28.5 Å². The first-order valence-electron chi connectivity index (χ1n) is 11.5. The van der Waals surface area contributed by atoms with Gasteiger partial charge in [-0.15, -0.1) is 0 Å². The molecule has 2 aromatic carbocycles. The number of fused-ring (bicyclic) bond motifs is 1. The Morgan fingerprint density at radius 3 is 2.61 bits per heavy atom. The third-order valence-electron chi connectivity index (χ3n) is 6.67. The number of aryl methyl sites for hydroxylation is 1. The van der Waals surface area contributed by atoms with E-state index >= 15 is 0 Å². The predicted molar refractivity (Wildman–Crippen MR) is 146 cm³/mol. The Balaban J connectivity index is 1.52. The van der Waals surface area contributed by atoms with E-state index in [2.05, 4.69) is 39.7 Å². The number of thiocarbonyl (C=S) groups is 1. The Morgan fingerprint density at radius 1 is 1.00 bits per heavy atom. The number of aromatic nitrogens is 2. The highest BCUT2D eigenvalue weighted by molar-refractivity contribution is 7.80. The largest absolute Gasteiger partial charge is 0.454 e. The van der Waals surface area contributed by atoms with Gasteiger partial charge < -0.3 is 24.3 Å². The summed E-state index contributed by atoms with van der Waals surface area (Å²) in [5, 5.41) is 5.32. The number of anilines is 1. The highest BCUT2D eigenvalue weighted by Crippen LogP contribution is 2.46. The molecule has 0 saturated carbocycles. The van der Waals surface area contributed by atoms with Gasteiger partial charge in [0.25, 0.3) is 0 Å². The molecule has 0 aliphatic carbocycles. The van der Waals surface area contributed by atoms with Gasteiger partial charge >= 0.3 is 0 Å². The first-order valence-corrected chi connectivity index (χ1v) is 12.6. The van der Waals surface area contributed by atoms with Crippen LogP contribution in [0.1, 0.15) is 34.7 Å². The van der Waals surface area contributed by atoms with E-state index in [0.29, 0.717) is 20.9 Å². The lowest BCUT2D eigenvalue weighted by atomic mass is 9.96. The molecule has 2 aliphatic rings. The zero-order valence-corrected chi connectivity index (χ0v) is 21.9. The van der Waals surface area contributed by atoms with Crippen molar-refractivity contribution in [1.82, 2.24) is 14.9 Å². The summed E-state index contributed by atoms with van der Waals surface area (Å²) in [5.74, 6) is 1.43. The van der Waals surface area contributed by atoms with E-state index in [1.165, 1.54) is 0 Å². The Bertz CT molecular complexity index is 1490. The molecule has 0 bridgehead atoms. The van der Waals surface area contributed by atoms with Crippen molar-refractivity contribution in [3.05, 3.63) is 99.6 Å². The van der Waals surface area contributed by atoms with E-state index in [4.69, 9.17) is 44.9 Å².